The highest BCUT2D eigenvalue weighted by Gasteiger charge is 2.54. The van der Waals surface area contributed by atoms with Gasteiger partial charge in [-0.15, -0.1) is 5.10 Å². The van der Waals surface area contributed by atoms with Gasteiger partial charge in [-0.05, 0) is 80.6 Å². The highest BCUT2D eigenvalue weighted by atomic mass is 32.2. The van der Waals surface area contributed by atoms with Crippen molar-refractivity contribution in [2.24, 2.45) is 23.2 Å². The maximum Gasteiger partial charge on any atom is 0.209 e. The van der Waals surface area contributed by atoms with Crippen molar-refractivity contribution in [1.82, 2.24) is 20.2 Å². The van der Waals surface area contributed by atoms with E-state index in [-0.39, 0.29) is 11.5 Å². The number of ketones is 1. The number of nitrogens with zero attached hydrogens (tertiary/aromatic N) is 4. The van der Waals surface area contributed by atoms with Gasteiger partial charge in [0.05, 0.1) is 11.8 Å². The minimum Gasteiger partial charge on any atom is -0.298 e. The summed E-state index contributed by atoms with van der Waals surface area (Å²) >= 11 is 1.52. The molecular formula is C16H24N4OS. The maximum atomic E-state index is 13.0. The van der Waals surface area contributed by atoms with Gasteiger partial charge in [0.2, 0.25) is 5.16 Å². The van der Waals surface area contributed by atoms with Crippen LogP contribution in [0.4, 0.5) is 0 Å². The molecule has 0 aliphatic heterocycles. The Morgan fingerprint density at radius 3 is 2.36 bits per heavy atom. The van der Waals surface area contributed by atoms with E-state index in [4.69, 9.17) is 0 Å². The molecule has 0 radical (unpaired) electrons. The van der Waals surface area contributed by atoms with Crippen LogP contribution in [-0.2, 0) is 4.79 Å². The number of carbonyl (C=O) groups is 1. The lowest BCUT2D eigenvalue weighted by atomic mass is 9.48. The predicted octanol–water partition coefficient (Wildman–Crippen LogP) is 3.13. The second kappa shape index (κ2) is 5.32. The molecule has 4 aliphatic carbocycles. The third kappa shape index (κ3) is 2.39. The number of Topliss-reactive ketones (excluding diaryl/α,β-unsaturated/α-hetero) is 1. The van der Waals surface area contributed by atoms with Crippen LogP contribution in [0.2, 0.25) is 0 Å². The molecule has 4 saturated carbocycles. The van der Waals surface area contributed by atoms with Crippen LogP contribution in [0.5, 0.6) is 0 Å². The summed E-state index contributed by atoms with van der Waals surface area (Å²) < 4.78 is 1.80. The number of aromatic nitrogens is 4. The Bertz CT molecular complexity index is 547. The number of hydrogen-bond acceptors (Lipinski definition) is 5. The number of tetrazole rings is 1. The summed E-state index contributed by atoms with van der Waals surface area (Å²) in [6.45, 7) is 4.11. The van der Waals surface area contributed by atoms with Gasteiger partial charge < -0.3 is 0 Å². The quantitative estimate of drug-likeness (QED) is 0.780. The molecule has 4 aliphatic rings. The largest absolute Gasteiger partial charge is 0.298 e. The standard InChI is InChI=1S/C16H24N4OS/c1-10(2)20-15(17-18-19-20)22-9-14(21)16-6-11-3-12(7-16)5-13(4-11)8-16/h10-13H,3-9H2,1-2H3. The first-order valence-electron chi connectivity index (χ1n) is 8.50. The van der Waals surface area contributed by atoms with Crippen molar-refractivity contribution in [1.29, 1.82) is 0 Å². The Balaban J connectivity index is 1.45. The molecule has 0 amide bonds. The van der Waals surface area contributed by atoms with Gasteiger partial charge in [0.25, 0.3) is 0 Å². The molecule has 0 unspecified atom stereocenters. The lowest BCUT2D eigenvalue weighted by Crippen LogP contribution is -2.50. The smallest absolute Gasteiger partial charge is 0.209 e. The molecule has 0 spiro atoms. The van der Waals surface area contributed by atoms with E-state index >= 15 is 0 Å². The van der Waals surface area contributed by atoms with Crippen LogP contribution in [0.3, 0.4) is 0 Å². The van der Waals surface area contributed by atoms with Crippen molar-refractivity contribution in [3.8, 4) is 0 Å². The average molecular weight is 320 g/mol. The summed E-state index contributed by atoms with van der Waals surface area (Å²) in [6, 6.07) is 0.229. The molecule has 120 valence electrons. The Morgan fingerprint density at radius 2 is 1.82 bits per heavy atom. The zero-order valence-electron chi connectivity index (χ0n) is 13.4. The number of hydrogen-bond donors (Lipinski definition) is 0. The van der Waals surface area contributed by atoms with Crippen molar-refractivity contribution in [2.75, 3.05) is 5.75 Å². The number of rotatable bonds is 5. The van der Waals surface area contributed by atoms with Crippen LogP contribution in [0.1, 0.15) is 58.4 Å². The number of carbonyl (C=O) groups excluding carboxylic acids is 1. The SMILES string of the molecule is CC(C)n1nnnc1SCC(=O)C12CC3CC(CC(C3)C1)C2. The van der Waals surface area contributed by atoms with Crippen molar-refractivity contribution >= 4 is 17.5 Å². The van der Waals surface area contributed by atoms with Crippen molar-refractivity contribution in [3.63, 3.8) is 0 Å². The highest BCUT2D eigenvalue weighted by molar-refractivity contribution is 7.99. The molecule has 1 aromatic rings. The molecule has 0 saturated heterocycles. The van der Waals surface area contributed by atoms with Gasteiger partial charge >= 0.3 is 0 Å². The topological polar surface area (TPSA) is 60.7 Å². The zero-order valence-corrected chi connectivity index (χ0v) is 14.2. The molecule has 0 aromatic carbocycles. The van der Waals surface area contributed by atoms with Gasteiger partial charge in [0.15, 0.2) is 0 Å². The van der Waals surface area contributed by atoms with E-state index in [9.17, 15) is 4.79 Å². The molecule has 4 fully saturated rings. The second-order valence-electron chi connectivity index (χ2n) is 7.91. The molecule has 0 N–H and O–H groups in total. The fourth-order valence-electron chi connectivity index (χ4n) is 5.34. The minimum absolute atomic E-state index is 0.00212. The maximum absolute atomic E-state index is 13.0. The molecule has 0 atom stereocenters. The van der Waals surface area contributed by atoms with Crippen LogP contribution in [0.15, 0.2) is 5.16 Å². The third-order valence-electron chi connectivity index (χ3n) is 5.91. The van der Waals surface area contributed by atoms with Crippen molar-refractivity contribution < 1.29 is 4.79 Å². The van der Waals surface area contributed by atoms with Gasteiger partial charge in [-0.2, -0.15) is 0 Å². The molecular weight excluding hydrogens is 296 g/mol. The van der Waals surface area contributed by atoms with Gasteiger partial charge in [-0.3, -0.25) is 4.79 Å². The van der Waals surface area contributed by atoms with Gasteiger partial charge in [0, 0.05) is 5.41 Å². The molecule has 22 heavy (non-hydrogen) atoms. The highest BCUT2D eigenvalue weighted by Crippen LogP contribution is 2.60. The summed E-state index contributed by atoms with van der Waals surface area (Å²) in [5.41, 5.74) is -0.00212. The molecule has 1 aromatic heterocycles. The van der Waals surface area contributed by atoms with E-state index < -0.39 is 0 Å². The summed E-state index contributed by atoms with van der Waals surface area (Å²) in [7, 11) is 0. The molecule has 1 heterocycles. The molecule has 4 bridgehead atoms. The Hall–Kier alpha value is -0.910. The molecule has 5 nitrogen and oxygen atoms in total. The molecule has 5 rings (SSSR count). The van der Waals surface area contributed by atoms with E-state index in [1.54, 1.807) is 4.68 Å². The normalized spacial score (nSPS) is 36.2. The third-order valence-corrected chi connectivity index (χ3v) is 6.85. The minimum atomic E-state index is -0.00212. The fourth-order valence-corrected chi connectivity index (χ4v) is 6.38. The van der Waals surface area contributed by atoms with Crippen LogP contribution >= 0.6 is 11.8 Å². The lowest BCUT2D eigenvalue weighted by molar-refractivity contribution is -0.141. The van der Waals surface area contributed by atoms with Gasteiger partial charge in [-0.1, -0.05) is 11.8 Å². The fraction of sp³-hybridized carbons (Fsp3) is 0.875. The average Bonchev–Trinajstić information content (AvgIpc) is 2.91. The Labute approximate surface area is 135 Å². The summed E-state index contributed by atoms with van der Waals surface area (Å²) in [4.78, 5) is 13.0. The van der Waals surface area contributed by atoms with E-state index in [1.807, 2.05) is 0 Å². The first-order valence-corrected chi connectivity index (χ1v) is 9.48. The van der Waals surface area contributed by atoms with Crippen LogP contribution in [0.25, 0.3) is 0 Å². The Morgan fingerprint density at radius 1 is 1.23 bits per heavy atom. The van der Waals surface area contributed by atoms with E-state index in [0.717, 1.165) is 42.2 Å². The number of thioether (sulfide) groups is 1. The van der Waals surface area contributed by atoms with Crippen LogP contribution < -0.4 is 0 Å². The van der Waals surface area contributed by atoms with Gasteiger partial charge in [0.1, 0.15) is 5.78 Å². The summed E-state index contributed by atoms with van der Waals surface area (Å²) in [6.07, 6.45) is 7.58. The lowest BCUT2D eigenvalue weighted by Gasteiger charge is -2.56. The molecule has 6 heteroatoms. The van der Waals surface area contributed by atoms with Crippen LogP contribution in [-0.4, -0.2) is 31.7 Å². The zero-order chi connectivity index (χ0) is 15.3. The predicted molar refractivity (Wildman–Crippen MR) is 84.5 cm³/mol. The summed E-state index contributed by atoms with van der Waals surface area (Å²) in [5.74, 6) is 3.44. The van der Waals surface area contributed by atoms with E-state index in [0.29, 0.717) is 11.5 Å². The van der Waals surface area contributed by atoms with E-state index in [2.05, 4.69) is 29.4 Å². The van der Waals surface area contributed by atoms with Crippen LogP contribution in [0, 0.1) is 23.2 Å². The van der Waals surface area contributed by atoms with E-state index in [1.165, 1.54) is 31.0 Å². The second-order valence-corrected chi connectivity index (χ2v) is 8.85. The monoisotopic (exact) mass is 320 g/mol. The van der Waals surface area contributed by atoms with Crippen molar-refractivity contribution in [3.05, 3.63) is 0 Å². The first kappa shape index (κ1) is 14.7. The summed E-state index contributed by atoms with van der Waals surface area (Å²) in [5, 5.41) is 12.6. The van der Waals surface area contributed by atoms with Crippen molar-refractivity contribution in [2.45, 2.75) is 63.6 Å². The first-order chi connectivity index (χ1) is 10.6. The Kier molecular flexibility index (Phi) is 3.55. The van der Waals surface area contributed by atoms with Gasteiger partial charge in [-0.25, -0.2) is 4.68 Å².